The summed E-state index contributed by atoms with van der Waals surface area (Å²) in [6.07, 6.45) is 51.7. The average Bonchev–Trinajstić information content (AvgIpc) is 3.20. The number of phosphoric acid groups is 1. The zero-order chi connectivity index (χ0) is 42.6. The molecule has 0 spiro atoms. The van der Waals surface area contributed by atoms with Gasteiger partial charge < -0.3 is 25.2 Å². The highest BCUT2D eigenvalue weighted by atomic mass is 31.2. The highest BCUT2D eigenvalue weighted by Gasteiger charge is 2.25. The molecule has 4 N–H and O–H groups in total. The normalized spacial score (nSPS) is 14.9. The molecule has 10 nitrogen and oxygen atoms in total. The van der Waals surface area contributed by atoms with Crippen molar-refractivity contribution in [3.63, 3.8) is 0 Å². The first-order valence-electron chi connectivity index (χ1n) is 21.5. The summed E-state index contributed by atoms with van der Waals surface area (Å²) in [5.41, 5.74) is 5.34. The Hall–Kier alpha value is -3.37. The average molecular weight is 830 g/mol. The number of ether oxygens (including phenoxy) is 2. The number of hydrogen-bond acceptors (Lipinski definition) is 9. The van der Waals surface area contributed by atoms with E-state index in [1.54, 1.807) is 6.08 Å². The van der Waals surface area contributed by atoms with Crippen molar-refractivity contribution >= 4 is 19.8 Å². The summed E-state index contributed by atoms with van der Waals surface area (Å²) >= 11 is 0. The van der Waals surface area contributed by atoms with Crippen LogP contribution < -0.4 is 5.73 Å². The molecule has 0 fully saturated rings. The van der Waals surface area contributed by atoms with Crippen LogP contribution in [-0.4, -0.2) is 60.5 Å². The minimum absolute atomic E-state index is 0.0274. The Bertz CT molecular complexity index is 1330. The van der Waals surface area contributed by atoms with Gasteiger partial charge in [0.15, 0.2) is 6.10 Å². The molecule has 0 aromatic heterocycles. The number of carbonyl (C=O) groups excluding carboxylic acids is 2. The maximum atomic E-state index is 12.6. The lowest BCUT2D eigenvalue weighted by atomic mass is 10.1. The molecule has 0 saturated heterocycles. The zero-order valence-corrected chi connectivity index (χ0v) is 36.5. The summed E-state index contributed by atoms with van der Waals surface area (Å²) in [7, 11) is -4.42. The molecule has 58 heavy (non-hydrogen) atoms. The molecule has 0 aliphatic rings. The van der Waals surface area contributed by atoms with Crippen molar-refractivity contribution in [2.45, 2.75) is 148 Å². The van der Waals surface area contributed by atoms with Crippen LogP contribution in [0.5, 0.6) is 0 Å². The Labute approximate surface area is 351 Å². The van der Waals surface area contributed by atoms with Crippen LogP contribution in [0.1, 0.15) is 136 Å². The first kappa shape index (κ1) is 54.6. The first-order valence-corrected chi connectivity index (χ1v) is 23.0. The topological polar surface area (TPSA) is 155 Å². The molecule has 0 amide bonds. The predicted octanol–water partition coefficient (Wildman–Crippen LogP) is 11.4. The molecule has 0 aromatic carbocycles. The van der Waals surface area contributed by atoms with E-state index in [4.69, 9.17) is 24.3 Å². The second-order valence-corrected chi connectivity index (χ2v) is 15.1. The molecule has 0 aromatic rings. The van der Waals surface area contributed by atoms with Gasteiger partial charge in [-0.3, -0.25) is 18.6 Å². The van der Waals surface area contributed by atoms with Gasteiger partial charge in [0.05, 0.1) is 19.3 Å². The van der Waals surface area contributed by atoms with Gasteiger partial charge in [0, 0.05) is 19.4 Å². The van der Waals surface area contributed by atoms with E-state index in [2.05, 4.69) is 74.6 Å². The first-order chi connectivity index (χ1) is 28.2. The van der Waals surface area contributed by atoms with E-state index in [1.807, 2.05) is 42.5 Å². The monoisotopic (exact) mass is 830 g/mol. The molecule has 328 valence electrons. The van der Waals surface area contributed by atoms with Crippen molar-refractivity contribution in [1.82, 2.24) is 0 Å². The fraction of sp³-hybridized carbons (Fsp3) is 0.574. The lowest BCUT2D eigenvalue weighted by molar-refractivity contribution is -0.161. The van der Waals surface area contributed by atoms with Gasteiger partial charge in [0.2, 0.25) is 0 Å². The second kappa shape index (κ2) is 41.8. The number of esters is 2. The van der Waals surface area contributed by atoms with Gasteiger partial charge in [-0.2, -0.15) is 0 Å². The molecule has 3 atom stereocenters. The maximum Gasteiger partial charge on any atom is 0.472 e. The molecular formula is C47H76NO9P. The standard InChI is InChI=1S/C47H76NO9P/c1-3-5-7-8-9-10-11-12-13-14-15-18-22-25-28-31-35-39-47(51)57-45(43-56-58(52,53)55-41-40-48)42-54-46(50)38-34-30-27-24-21-19-16-17-20-23-26-29-33-37-44(49)36-32-6-4-2/h6,9-10,12-13,15,17-21,26-27,29-30,32-33,37,44-45,49H,3-5,7-8,11,14,16,22-25,28,31,34-36,38-43,48H2,1-2H3,(H,52,53)/b10-9-,13-12-,18-15-,20-17-,21-19-,29-26+,30-27-,32-6-,37-33+/t44?,45-/m1/s1. The summed E-state index contributed by atoms with van der Waals surface area (Å²) in [6, 6.07) is 0. The number of unbranched alkanes of at least 4 members (excludes halogenated alkanes) is 7. The number of phosphoric ester groups is 1. The van der Waals surface area contributed by atoms with Crippen molar-refractivity contribution in [2.24, 2.45) is 5.73 Å². The Balaban J connectivity index is 4.39. The molecule has 0 heterocycles. The quantitative estimate of drug-likeness (QED) is 0.0180. The molecule has 11 heteroatoms. The maximum absolute atomic E-state index is 12.6. The summed E-state index contributed by atoms with van der Waals surface area (Å²) in [4.78, 5) is 34.8. The zero-order valence-electron chi connectivity index (χ0n) is 35.6. The molecule has 0 rings (SSSR count). The second-order valence-electron chi connectivity index (χ2n) is 13.7. The smallest absolute Gasteiger partial charge is 0.462 e. The fourth-order valence-corrected chi connectivity index (χ4v) is 5.81. The van der Waals surface area contributed by atoms with Crippen molar-refractivity contribution in [3.05, 3.63) is 109 Å². The van der Waals surface area contributed by atoms with E-state index in [0.717, 1.165) is 64.2 Å². The minimum Gasteiger partial charge on any atom is -0.462 e. The largest absolute Gasteiger partial charge is 0.472 e. The third kappa shape index (κ3) is 40.8. The summed E-state index contributed by atoms with van der Waals surface area (Å²) in [5.74, 6) is -0.986. The van der Waals surface area contributed by atoms with E-state index >= 15 is 0 Å². The van der Waals surface area contributed by atoms with Crippen molar-refractivity contribution in [2.75, 3.05) is 26.4 Å². The molecular weight excluding hydrogens is 753 g/mol. The number of carbonyl (C=O) groups is 2. The van der Waals surface area contributed by atoms with Crippen LogP contribution in [0.4, 0.5) is 0 Å². The third-order valence-corrected chi connectivity index (χ3v) is 9.22. The van der Waals surface area contributed by atoms with Gasteiger partial charge in [-0.15, -0.1) is 0 Å². The number of allylic oxidation sites excluding steroid dienone is 16. The van der Waals surface area contributed by atoms with Crippen LogP contribution in [0.15, 0.2) is 109 Å². The lowest BCUT2D eigenvalue weighted by Crippen LogP contribution is -2.29. The Kier molecular flexibility index (Phi) is 39.4. The van der Waals surface area contributed by atoms with E-state index in [9.17, 15) is 24.2 Å². The Morgan fingerprint density at radius 1 is 0.621 bits per heavy atom. The summed E-state index contributed by atoms with van der Waals surface area (Å²) in [5, 5.41) is 9.83. The number of hydrogen-bond donors (Lipinski definition) is 3. The lowest BCUT2D eigenvalue weighted by Gasteiger charge is -2.19. The highest BCUT2D eigenvalue weighted by molar-refractivity contribution is 7.47. The number of nitrogens with two attached hydrogens (primary N) is 1. The summed E-state index contributed by atoms with van der Waals surface area (Å²) < 4.78 is 32.6. The molecule has 0 saturated carbocycles. The van der Waals surface area contributed by atoms with Crippen LogP contribution in [0, 0.1) is 0 Å². The molecule has 2 unspecified atom stereocenters. The fourth-order valence-electron chi connectivity index (χ4n) is 5.04. The number of aliphatic hydroxyl groups is 1. The minimum atomic E-state index is -4.42. The van der Waals surface area contributed by atoms with Crippen molar-refractivity contribution in [3.8, 4) is 0 Å². The summed E-state index contributed by atoms with van der Waals surface area (Å²) in [6.45, 7) is 3.34. The third-order valence-electron chi connectivity index (χ3n) is 8.24. The van der Waals surface area contributed by atoms with Crippen LogP contribution in [0.2, 0.25) is 0 Å². The highest BCUT2D eigenvalue weighted by Crippen LogP contribution is 2.43. The van der Waals surface area contributed by atoms with Crippen LogP contribution >= 0.6 is 7.82 Å². The Morgan fingerprint density at radius 2 is 1.19 bits per heavy atom. The van der Waals surface area contributed by atoms with E-state index in [0.29, 0.717) is 19.3 Å². The Morgan fingerprint density at radius 3 is 1.79 bits per heavy atom. The number of rotatable bonds is 38. The van der Waals surface area contributed by atoms with Gasteiger partial charge in [-0.1, -0.05) is 149 Å². The van der Waals surface area contributed by atoms with E-state index in [1.165, 1.54) is 25.7 Å². The molecule has 0 bridgehead atoms. The van der Waals surface area contributed by atoms with Crippen LogP contribution in [-0.2, 0) is 32.7 Å². The van der Waals surface area contributed by atoms with Gasteiger partial charge >= 0.3 is 19.8 Å². The van der Waals surface area contributed by atoms with E-state index in [-0.39, 0.29) is 32.6 Å². The van der Waals surface area contributed by atoms with Crippen LogP contribution in [0.25, 0.3) is 0 Å². The van der Waals surface area contributed by atoms with Gasteiger partial charge in [0.1, 0.15) is 6.61 Å². The molecule has 0 radical (unpaired) electrons. The predicted molar refractivity (Wildman–Crippen MR) is 239 cm³/mol. The van der Waals surface area contributed by atoms with Gasteiger partial charge in [0.25, 0.3) is 0 Å². The SMILES string of the molecule is CC/C=C\CC(O)/C=C/C=C/C/C=C\C/C=C\C/C=C\CCC(=O)OC[C@H](COP(=O)(O)OCCN)OC(=O)CCCCCC/C=C\C/C=C\C/C=C\CCCCC. The van der Waals surface area contributed by atoms with Crippen molar-refractivity contribution in [1.29, 1.82) is 0 Å². The van der Waals surface area contributed by atoms with Crippen LogP contribution in [0.3, 0.4) is 0 Å². The van der Waals surface area contributed by atoms with Gasteiger partial charge in [-0.25, -0.2) is 4.57 Å². The number of aliphatic hydroxyl groups excluding tert-OH is 1. The molecule has 0 aliphatic heterocycles. The molecule has 0 aliphatic carbocycles. The van der Waals surface area contributed by atoms with Gasteiger partial charge in [-0.05, 0) is 83.5 Å². The van der Waals surface area contributed by atoms with E-state index < -0.39 is 38.6 Å². The van der Waals surface area contributed by atoms with Crippen molar-refractivity contribution < 1.29 is 42.7 Å².